The number of hydrogen-bond acceptors (Lipinski definition) is 4. The molecule has 2 rings (SSSR count). The first-order chi connectivity index (χ1) is 8.60. The number of nitro benzene ring substituents is 1. The predicted molar refractivity (Wildman–Crippen MR) is 71.3 cm³/mol. The highest BCUT2D eigenvalue weighted by molar-refractivity contribution is 9.10. The Labute approximate surface area is 114 Å². The molecule has 0 aromatic heterocycles. The Morgan fingerprint density at radius 3 is 2.89 bits per heavy atom. The third-order valence-electron chi connectivity index (χ3n) is 3.27. The summed E-state index contributed by atoms with van der Waals surface area (Å²) in [6.45, 7) is 2.85. The lowest BCUT2D eigenvalue weighted by atomic mass is 10.1. The molecule has 1 aromatic rings. The number of hydrogen-bond donors (Lipinski definition) is 1. The lowest BCUT2D eigenvalue weighted by Crippen LogP contribution is -2.21. The highest BCUT2D eigenvalue weighted by Gasteiger charge is 2.22. The van der Waals surface area contributed by atoms with E-state index >= 15 is 0 Å². The molecular weight excluding hydrogens is 300 g/mol. The summed E-state index contributed by atoms with van der Waals surface area (Å²) in [6, 6.07) is 4.85. The van der Waals surface area contributed by atoms with Gasteiger partial charge in [0, 0.05) is 36.3 Å². The molecule has 1 aromatic carbocycles. The fraction of sp³-hybridized carbons (Fsp3) is 0.500. The first kappa shape index (κ1) is 13.5. The van der Waals surface area contributed by atoms with E-state index in [0.29, 0.717) is 5.92 Å². The van der Waals surface area contributed by atoms with E-state index in [1.54, 1.807) is 6.07 Å². The standard InChI is InChI=1S/C12H15BrN2O3/c13-12-5-11(15(17)18)2-1-10(12)7-14-4-3-9(6-14)8-16/h1-2,5,9,16H,3-4,6-8H2. The van der Waals surface area contributed by atoms with E-state index in [2.05, 4.69) is 20.8 Å². The van der Waals surface area contributed by atoms with E-state index in [-0.39, 0.29) is 12.3 Å². The maximum atomic E-state index is 10.6. The van der Waals surface area contributed by atoms with Gasteiger partial charge in [0.1, 0.15) is 0 Å². The molecule has 1 aliphatic rings. The Hall–Kier alpha value is -0.980. The molecule has 1 saturated heterocycles. The van der Waals surface area contributed by atoms with Crippen LogP contribution in [0.25, 0.3) is 0 Å². The van der Waals surface area contributed by atoms with E-state index < -0.39 is 4.92 Å². The normalized spacial score (nSPS) is 20.2. The summed E-state index contributed by atoms with van der Waals surface area (Å²) in [4.78, 5) is 12.5. The van der Waals surface area contributed by atoms with Gasteiger partial charge in [-0.1, -0.05) is 15.9 Å². The van der Waals surface area contributed by atoms with Crippen molar-refractivity contribution in [2.24, 2.45) is 5.92 Å². The third-order valence-corrected chi connectivity index (χ3v) is 4.01. The Bertz CT molecular complexity index is 453. The van der Waals surface area contributed by atoms with Gasteiger partial charge in [-0.25, -0.2) is 0 Å². The Balaban J connectivity index is 2.04. The Morgan fingerprint density at radius 2 is 2.33 bits per heavy atom. The molecule has 98 valence electrons. The molecule has 5 nitrogen and oxygen atoms in total. The van der Waals surface area contributed by atoms with Crippen LogP contribution in [0.2, 0.25) is 0 Å². The van der Waals surface area contributed by atoms with Gasteiger partial charge in [0.05, 0.1) is 4.92 Å². The summed E-state index contributed by atoms with van der Waals surface area (Å²) < 4.78 is 0.768. The summed E-state index contributed by atoms with van der Waals surface area (Å²) in [7, 11) is 0. The van der Waals surface area contributed by atoms with Crippen LogP contribution in [-0.2, 0) is 6.54 Å². The first-order valence-corrected chi connectivity index (χ1v) is 6.65. The molecule has 0 spiro atoms. The topological polar surface area (TPSA) is 66.6 Å². The molecule has 18 heavy (non-hydrogen) atoms. The van der Waals surface area contributed by atoms with Gasteiger partial charge < -0.3 is 5.11 Å². The summed E-state index contributed by atoms with van der Waals surface area (Å²) in [5, 5.41) is 19.7. The average Bonchev–Trinajstić information content (AvgIpc) is 2.79. The van der Waals surface area contributed by atoms with Crippen LogP contribution in [0.1, 0.15) is 12.0 Å². The molecule has 0 radical (unpaired) electrons. The smallest absolute Gasteiger partial charge is 0.270 e. The number of halogens is 1. The molecule has 1 atom stereocenters. The zero-order valence-electron chi connectivity index (χ0n) is 9.88. The maximum Gasteiger partial charge on any atom is 0.270 e. The van der Waals surface area contributed by atoms with E-state index in [0.717, 1.165) is 36.1 Å². The van der Waals surface area contributed by atoms with Crippen LogP contribution < -0.4 is 0 Å². The van der Waals surface area contributed by atoms with Crippen LogP contribution in [0, 0.1) is 16.0 Å². The lowest BCUT2D eigenvalue weighted by Gasteiger charge is -2.16. The molecule has 0 aliphatic carbocycles. The zero-order valence-corrected chi connectivity index (χ0v) is 11.5. The van der Waals surface area contributed by atoms with Gasteiger partial charge in [-0.2, -0.15) is 0 Å². The van der Waals surface area contributed by atoms with Crippen molar-refractivity contribution in [3.63, 3.8) is 0 Å². The van der Waals surface area contributed by atoms with Gasteiger partial charge in [0.2, 0.25) is 0 Å². The predicted octanol–water partition coefficient (Wildman–Crippen LogP) is 2.17. The second kappa shape index (κ2) is 5.77. The second-order valence-corrected chi connectivity index (χ2v) is 5.46. The summed E-state index contributed by atoms with van der Waals surface area (Å²) in [6.07, 6.45) is 1.01. The van der Waals surface area contributed by atoms with Gasteiger partial charge in [-0.3, -0.25) is 15.0 Å². The molecule has 1 N–H and O–H groups in total. The van der Waals surface area contributed by atoms with Crippen molar-refractivity contribution in [2.75, 3.05) is 19.7 Å². The van der Waals surface area contributed by atoms with Gasteiger partial charge in [0.15, 0.2) is 0 Å². The van der Waals surface area contributed by atoms with Crippen molar-refractivity contribution < 1.29 is 10.0 Å². The highest BCUT2D eigenvalue weighted by atomic mass is 79.9. The number of aliphatic hydroxyl groups excluding tert-OH is 1. The minimum Gasteiger partial charge on any atom is -0.396 e. The molecule has 1 heterocycles. The molecule has 1 aliphatic heterocycles. The van der Waals surface area contributed by atoms with Crippen molar-refractivity contribution >= 4 is 21.6 Å². The molecule has 6 heteroatoms. The number of nitrogens with zero attached hydrogens (tertiary/aromatic N) is 2. The number of rotatable bonds is 4. The quantitative estimate of drug-likeness (QED) is 0.683. The van der Waals surface area contributed by atoms with Gasteiger partial charge in [-0.15, -0.1) is 0 Å². The first-order valence-electron chi connectivity index (χ1n) is 5.86. The fourth-order valence-electron chi connectivity index (χ4n) is 2.22. The largest absolute Gasteiger partial charge is 0.396 e. The Morgan fingerprint density at radius 1 is 1.56 bits per heavy atom. The highest BCUT2D eigenvalue weighted by Crippen LogP contribution is 2.26. The van der Waals surface area contributed by atoms with Crippen LogP contribution in [0.15, 0.2) is 22.7 Å². The third kappa shape index (κ3) is 3.07. The van der Waals surface area contributed by atoms with Crippen LogP contribution in [0.4, 0.5) is 5.69 Å². The van der Waals surface area contributed by atoms with Crippen molar-refractivity contribution in [2.45, 2.75) is 13.0 Å². The summed E-state index contributed by atoms with van der Waals surface area (Å²) in [5.74, 6) is 0.363. The van der Waals surface area contributed by atoms with Gasteiger partial charge in [0.25, 0.3) is 5.69 Å². The zero-order chi connectivity index (χ0) is 13.1. The van der Waals surface area contributed by atoms with E-state index in [9.17, 15) is 10.1 Å². The Kier molecular flexibility index (Phi) is 4.31. The fourth-order valence-corrected chi connectivity index (χ4v) is 2.72. The minimum absolute atomic E-state index is 0.0975. The van der Waals surface area contributed by atoms with Crippen LogP contribution in [0.5, 0.6) is 0 Å². The van der Waals surface area contributed by atoms with Crippen molar-refractivity contribution in [1.29, 1.82) is 0 Å². The monoisotopic (exact) mass is 314 g/mol. The number of nitro groups is 1. The molecular formula is C12H15BrN2O3. The number of aliphatic hydroxyl groups is 1. The van der Waals surface area contributed by atoms with Crippen molar-refractivity contribution in [3.05, 3.63) is 38.3 Å². The number of likely N-dealkylation sites (tertiary alicyclic amines) is 1. The van der Waals surface area contributed by atoms with Crippen LogP contribution in [0.3, 0.4) is 0 Å². The summed E-state index contributed by atoms with van der Waals surface area (Å²) >= 11 is 3.37. The maximum absolute atomic E-state index is 10.6. The van der Waals surface area contributed by atoms with Crippen LogP contribution >= 0.6 is 15.9 Å². The minimum atomic E-state index is -0.397. The second-order valence-electron chi connectivity index (χ2n) is 4.61. The van der Waals surface area contributed by atoms with E-state index in [1.807, 2.05) is 0 Å². The van der Waals surface area contributed by atoms with Crippen LogP contribution in [-0.4, -0.2) is 34.6 Å². The molecule has 0 saturated carbocycles. The van der Waals surface area contributed by atoms with E-state index in [1.165, 1.54) is 12.1 Å². The SMILES string of the molecule is O=[N+]([O-])c1ccc(CN2CCC(CO)C2)c(Br)c1. The average molecular weight is 315 g/mol. The number of non-ortho nitro benzene ring substituents is 1. The summed E-state index contributed by atoms with van der Waals surface area (Å²) in [5.41, 5.74) is 1.14. The van der Waals surface area contributed by atoms with Crippen molar-refractivity contribution in [3.8, 4) is 0 Å². The lowest BCUT2D eigenvalue weighted by molar-refractivity contribution is -0.384. The molecule has 1 unspecified atom stereocenters. The molecule has 0 bridgehead atoms. The van der Waals surface area contributed by atoms with E-state index in [4.69, 9.17) is 5.11 Å². The molecule has 0 amide bonds. The van der Waals surface area contributed by atoms with Crippen molar-refractivity contribution in [1.82, 2.24) is 4.90 Å². The molecule has 1 fully saturated rings. The van der Waals surface area contributed by atoms with Gasteiger partial charge in [-0.05, 0) is 30.5 Å². The number of benzene rings is 1. The van der Waals surface area contributed by atoms with Gasteiger partial charge >= 0.3 is 0 Å².